The van der Waals surface area contributed by atoms with Gasteiger partial charge in [-0.2, -0.15) is 4.98 Å². The summed E-state index contributed by atoms with van der Waals surface area (Å²) in [5.74, 6) is 2.14. The van der Waals surface area contributed by atoms with Crippen molar-refractivity contribution in [2.45, 2.75) is 24.5 Å². The van der Waals surface area contributed by atoms with Gasteiger partial charge < -0.3 is 20.3 Å². The Labute approximate surface area is 146 Å². The van der Waals surface area contributed by atoms with Crippen LogP contribution in [0.3, 0.4) is 0 Å². The molecule has 3 rings (SSSR count). The lowest BCUT2D eigenvalue weighted by molar-refractivity contribution is -0.0635. The Hall–Kier alpha value is -2.39. The zero-order valence-corrected chi connectivity index (χ0v) is 14.1. The minimum atomic E-state index is -3.00. The van der Waals surface area contributed by atoms with E-state index in [-0.39, 0.29) is 23.7 Å². The molecule has 5 atom stereocenters. The number of aliphatic hydroxyl groups excluding tert-OH is 1. The lowest BCUT2D eigenvalue weighted by Crippen LogP contribution is -2.36. The van der Waals surface area contributed by atoms with Gasteiger partial charge in [0.1, 0.15) is 18.8 Å². The smallest absolute Gasteiger partial charge is 0.394 e. The average Bonchev–Trinajstić information content (AvgIpc) is 3.14. The third-order valence-electron chi connectivity index (χ3n) is 3.76. The maximum Gasteiger partial charge on any atom is 0.695 e. The highest BCUT2D eigenvalue weighted by Gasteiger charge is 2.51. The van der Waals surface area contributed by atoms with E-state index in [2.05, 4.69) is 20.9 Å². The van der Waals surface area contributed by atoms with E-state index in [4.69, 9.17) is 31.0 Å². The fourth-order valence-corrected chi connectivity index (χ4v) is 3.23. The molecule has 1 fully saturated rings. The number of nitrogens with one attached hydrogen (secondary N) is 1. The molecule has 0 spiro atoms. The molecule has 1 aliphatic rings. The number of anilines is 1. The van der Waals surface area contributed by atoms with Crippen molar-refractivity contribution < 1.29 is 28.6 Å². The van der Waals surface area contributed by atoms with Crippen LogP contribution in [0.1, 0.15) is 6.23 Å². The standard InChI is InChI=1S/C13H14N5O7P/c1-2-3-23-9-8(25-26(21)22)6(4-19)24-12(9)18-5-15-7-10(18)16-13(14)17-11(7)20/h1,5-6,8-9,12,19H,3-4H2,(H3-,14,16,17,20,21,22)/p+1. The van der Waals surface area contributed by atoms with Crippen LogP contribution in [0.5, 0.6) is 0 Å². The highest BCUT2D eigenvalue weighted by Crippen LogP contribution is 2.38. The molecule has 0 radical (unpaired) electrons. The van der Waals surface area contributed by atoms with Crippen LogP contribution < -0.4 is 11.3 Å². The van der Waals surface area contributed by atoms with Crippen LogP contribution in [0.2, 0.25) is 0 Å². The number of rotatable bonds is 6. The van der Waals surface area contributed by atoms with Crippen LogP contribution in [-0.2, 0) is 18.6 Å². The first-order chi connectivity index (χ1) is 12.5. The minimum absolute atomic E-state index is 0.0108. The van der Waals surface area contributed by atoms with Gasteiger partial charge in [0, 0.05) is 4.57 Å². The molecule has 1 saturated heterocycles. The first-order valence-corrected chi connectivity index (χ1v) is 8.46. The number of aromatic nitrogens is 4. The molecule has 0 bridgehead atoms. The lowest BCUT2D eigenvalue weighted by Gasteiger charge is -2.20. The van der Waals surface area contributed by atoms with Crippen molar-refractivity contribution in [2.24, 2.45) is 0 Å². The van der Waals surface area contributed by atoms with Crippen LogP contribution in [-0.4, -0.2) is 61.0 Å². The van der Waals surface area contributed by atoms with Crippen LogP contribution in [0.25, 0.3) is 11.2 Å². The van der Waals surface area contributed by atoms with Gasteiger partial charge in [0.2, 0.25) is 5.95 Å². The van der Waals surface area contributed by atoms with Gasteiger partial charge in [0.15, 0.2) is 23.5 Å². The van der Waals surface area contributed by atoms with Gasteiger partial charge in [-0.15, -0.1) is 15.8 Å². The number of H-pyrrole nitrogens is 1. The van der Waals surface area contributed by atoms with Crippen molar-refractivity contribution in [1.29, 1.82) is 0 Å². The second kappa shape index (κ2) is 7.46. The molecule has 2 aromatic rings. The molecule has 0 aromatic carbocycles. The van der Waals surface area contributed by atoms with Crippen molar-refractivity contribution >= 4 is 25.4 Å². The molecule has 1 aliphatic heterocycles. The summed E-state index contributed by atoms with van der Waals surface area (Å²) in [6.45, 7) is -0.656. The summed E-state index contributed by atoms with van der Waals surface area (Å²) in [6.07, 6.45) is 2.45. The van der Waals surface area contributed by atoms with Gasteiger partial charge in [0.25, 0.3) is 5.56 Å². The number of hydrogen-bond acceptors (Lipinski definition) is 9. The van der Waals surface area contributed by atoms with Crippen molar-refractivity contribution in [3.63, 3.8) is 0 Å². The van der Waals surface area contributed by atoms with Crippen molar-refractivity contribution in [3.8, 4) is 12.3 Å². The number of terminal acetylenes is 1. The molecule has 0 amide bonds. The number of aromatic amines is 1. The van der Waals surface area contributed by atoms with Crippen LogP contribution >= 0.6 is 8.25 Å². The fraction of sp³-hybridized carbons (Fsp3) is 0.462. The fourth-order valence-electron chi connectivity index (χ4n) is 2.76. The SMILES string of the molecule is C#CCOC1C(O[P+](=O)O)C(CO)OC1n1cnc2c(=O)[nH]c(N)nc21. The number of nitrogen functional groups attached to an aromatic ring is 1. The number of imidazole rings is 1. The molecule has 26 heavy (non-hydrogen) atoms. The van der Waals surface area contributed by atoms with Crippen LogP contribution in [0, 0.1) is 12.3 Å². The maximum absolute atomic E-state index is 11.9. The Kier molecular flexibility index (Phi) is 5.28. The van der Waals surface area contributed by atoms with E-state index in [0.717, 1.165) is 0 Å². The summed E-state index contributed by atoms with van der Waals surface area (Å²) in [7, 11) is -3.00. The Morgan fingerprint density at radius 1 is 1.54 bits per heavy atom. The molecule has 5 N–H and O–H groups in total. The highest BCUT2D eigenvalue weighted by molar-refractivity contribution is 7.32. The Bertz CT molecular complexity index is 922. The number of aliphatic hydroxyl groups is 1. The van der Waals surface area contributed by atoms with E-state index in [1.54, 1.807) is 0 Å². The second-order valence-electron chi connectivity index (χ2n) is 5.31. The quantitative estimate of drug-likeness (QED) is 0.344. The molecule has 0 aliphatic carbocycles. The van der Waals surface area contributed by atoms with Gasteiger partial charge in [-0.25, -0.2) is 4.98 Å². The zero-order valence-electron chi connectivity index (χ0n) is 13.2. The third kappa shape index (κ3) is 3.32. The first-order valence-electron chi connectivity index (χ1n) is 7.33. The Morgan fingerprint density at radius 3 is 2.96 bits per heavy atom. The second-order valence-corrected chi connectivity index (χ2v) is 6.00. The average molecular weight is 384 g/mol. The minimum Gasteiger partial charge on any atom is -0.394 e. The monoisotopic (exact) mass is 384 g/mol. The Balaban J connectivity index is 2.06. The molecule has 0 saturated carbocycles. The number of hydrogen-bond donors (Lipinski definition) is 4. The topological polar surface area (TPSA) is 175 Å². The molecule has 138 valence electrons. The van der Waals surface area contributed by atoms with E-state index in [1.807, 2.05) is 0 Å². The van der Waals surface area contributed by atoms with Gasteiger partial charge >= 0.3 is 8.25 Å². The van der Waals surface area contributed by atoms with E-state index in [1.165, 1.54) is 10.9 Å². The molecular weight excluding hydrogens is 369 g/mol. The summed E-state index contributed by atoms with van der Waals surface area (Å²) in [5.41, 5.74) is 5.14. The molecule has 5 unspecified atom stereocenters. The summed E-state index contributed by atoms with van der Waals surface area (Å²) in [4.78, 5) is 31.3. The summed E-state index contributed by atoms with van der Waals surface area (Å²) >= 11 is 0. The Morgan fingerprint density at radius 2 is 2.31 bits per heavy atom. The number of nitrogens with two attached hydrogens (primary N) is 1. The number of fused-ring (bicyclic) bond motifs is 1. The first kappa shape index (κ1) is 18.4. The predicted octanol–water partition coefficient (Wildman–Crippen LogP) is -1.36. The molecule has 13 heteroatoms. The zero-order chi connectivity index (χ0) is 18.8. The van der Waals surface area contributed by atoms with E-state index in [9.17, 15) is 14.5 Å². The van der Waals surface area contributed by atoms with Crippen LogP contribution in [0.4, 0.5) is 5.95 Å². The maximum atomic E-state index is 11.9. The number of nitrogens with zero attached hydrogens (tertiary/aromatic N) is 3. The van der Waals surface area contributed by atoms with Crippen molar-refractivity contribution in [3.05, 3.63) is 16.7 Å². The largest absolute Gasteiger partial charge is 0.695 e. The van der Waals surface area contributed by atoms with Gasteiger partial charge in [0.05, 0.1) is 12.9 Å². The van der Waals surface area contributed by atoms with Gasteiger partial charge in [-0.1, -0.05) is 5.92 Å². The lowest BCUT2D eigenvalue weighted by atomic mass is 10.1. The summed E-state index contributed by atoms with van der Waals surface area (Å²) in [6, 6.07) is 0. The number of ether oxygens (including phenoxy) is 2. The third-order valence-corrected chi connectivity index (χ3v) is 4.19. The van der Waals surface area contributed by atoms with E-state index < -0.39 is 45.0 Å². The normalized spacial score (nSPS) is 26.1. The molecule has 12 nitrogen and oxygen atoms in total. The van der Waals surface area contributed by atoms with Gasteiger partial charge in [-0.05, 0) is 0 Å². The molecular formula is C13H15N5O7P+. The van der Waals surface area contributed by atoms with Gasteiger partial charge in [-0.3, -0.25) is 14.3 Å². The summed E-state index contributed by atoms with van der Waals surface area (Å²) < 4.78 is 28.6. The van der Waals surface area contributed by atoms with Crippen molar-refractivity contribution in [2.75, 3.05) is 18.9 Å². The molecule has 3 heterocycles. The van der Waals surface area contributed by atoms with E-state index in [0.29, 0.717) is 0 Å². The predicted molar refractivity (Wildman–Crippen MR) is 86.8 cm³/mol. The highest BCUT2D eigenvalue weighted by atomic mass is 31.1. The van der Waals surface area contributed by atoms with Crippen molar-refractivity contribution in [1.82, 2.24) is 19.5 Å². The van der Waals surface area contributed by atoms with E-state index >= 15 is 0 Å². The summed E-state index contributed by atoms with van der Waals surface area (Å²) in [5, 5.41) is 9.52. The molecule has 2 aromatic heterocycles. The van der Waals surface area contributed by atoms with Crippen LogP contribution in [0.15, 0.2) is 11.1 Å².